The van der Waals surface area contributed by atoms with Crippen molar-refractivity contribution in [3.8, 4) is 17.5 Å². The van der Waals surface area contributed by atoms with Gasteiger partial charge in [0.2, 0.25) is 5.91 Å². The van der Waals surface area contributed by atoms with Crippen molar-refractivity contribution < 1.29 is 14.7 Å². The van der Waals surface area contributed by atoms with Crippen molar-refractivity contribution in [2.24, 2.45) is 0 Å². The summed E-state index contributed by atoms with van der Waals surface area (Å²) in [6.07, 6.45) is 10.3. The highest BCUT2D eigenvalue weighted by Crippen LogP contribution is 2.29. The molecule has 202 valence electrons. The molecule has 2 fully saturated rings. The molecule has 2 aliphatic carbocycles. The second-order valence-corrected chi connectivity index (χ2v) is 10.4. The molecule has 2 saturated carbocycles. The third-order valence-corrected chi connectivity index (χ3v) is 7.64. The molecular formula is C29H33N7O3. The van der Waals surface area contributed by atoms with Crippen molar-refractivity contribution in [1.82, 2.24) is 25.2 Å². The minimum atomic E-state index is -0.361. The Bertz CT molecular complexity index is 1420. The molecule has 0 aromatic carbocycles. The average molecular weight is 528 g/mol. The van der Waals surface area contributed by atoms with E-state index in [1.807, 2.05) is 18.2 Å². The summed E-state index contributed by atoms with van der Waals surface area (Å²) >= 11 is 0. The molecule has 2 aliphatic rings. The van der Waals surface area contributed by atoms with Gasteiger partial charge in [-0.2, -0.15) is 10.4 Å². The average Bonchev–Trinajstić information content (AvgIpc) is 3.37. The molecule has 4 N–H and O–H groups in total. The molecule has 3 aromatic heterocycles. The standard InChI is InChI=1S/C29H33N7O3/c1-2-28(38)34-19-6-8-20(9-7-19)35-29(39)24-17-31-26(14-25(24)33-21-4-3-5-23(37)13-21)27-11-10-22-12-18(15-30)16-32-36(22)27/h2,10-12,14,16-17,19-21,23,37H,1,3-9,13H2,(H,31,33)(H,34,38)(H,35,39)/t19-,20-,21-,23+/m0/s1. The maximum atomic E-state index is 13.5. The third kappa shape index (κ3) is 6.10. The number of rotatable bonds is 7. The number of carbonyl (C=O) groups is 2. The van der Waals surface area contributed by atoms with Crippen LogP contribution in [0.4, 0.5) is 5.69 Å². The van der Waals surface area contributed by atoms with Crippen LogP contribution in [0.3, 0.4) is 0 Å². The first-order valence-electron chi connectivity index (χ1n) is 13.5. The Hall–Kier alpha value is -4.23. The highest BCUT2D eigenvalue weighted by atomic mass is 16.3. The summed E-state index contributed by atoms with van der Waals surface area (Å²) in [5, 5.41) is 33.4. The van der Waals surface area contributed by atoms with Gasteiger partial charge in [-0.25, -0.2) is 4.52 Å². The number of aliphatic hydroxyl groups is 1. The first-order chi connectivity index (χ1) is 18.9. The first kappa shape index (κ1) is 26.4. The molecule has 10 heteroatoms. The van der Waals surface area contributed by atoms with Gasteiger partial charge in [0, 0.05) is 24.3 Å². The molecule has 0 aliphatic heterocycles. The van der Waals surface area contributed by atoms with Crippen molar-refractivity contribution in [3.63, 3.8) is 0 Å². The summed E-state index contributed by atoms with van der Waals surface area (Å²) in [7, 11) is 0. The molecule has 10 nitrogen and oxygen atoms in total. The van der Waals surface area contributed by atoms with Crippen LogP contribution in [-0.2, 0) is 4.79 Å². The fourth-order valence-electron chi connectivity index (χ4n) is 5.57. The van der Waals surface area contributed by atoms with Gasteiger partial charge in [0.1, 0.15) is 6.07 Å². The third-order valence-electron chi connectivity index (χ3n) is 7.64. The number of pyridine rings is 1. The predicted octanol–water partition coefficient (Wildman–Crippen LogP) is 3.33. The molecule has 2 atom stereocenters. The molecule has 39 heavy (non-hydrogen) atoms. The minimum absolute atomic E-state index is 0.00603. The number of amides is 2. The van der Waals surface area contributed by atoms with Gasteiger partial charge in [-0.15, -0.1) is 0 Å². The summed E-state index contributed by atoms with van der Waals surface area (Å²) in [5.74, 6) is -0.378. The number of hydrogen-bond acceptors (Lipinski definition) is 7. The SMILES string of the molecule is C=CC(=O)N[C@H]1CC[C@H](NC(=O)c2cnc(-c3ccc4cc(C#N)cnn34)cc2N[C@H]2CCC[C@@H](O)C2)CC1. The topological polar surface area (TPSA) is 144 Å². The maximum Gasteiger partial charge on any atom is 0.255 e. The van der Waals surface area contributed by atoms with E-state index >= 15 is 0 Å². The quantitative estimate of drug-likeness (QED) is 0.345. The second kappa shape index (κ2) is 11.7. The van der Waals surface area contributed by atoms with Crippen LogP contribution in [-0.4, -0.2) is 55.7 Å². The van der Waals surface area contributed by atoms with E-state index < -0.39 is 0 Å². The summed E-state index contributed by atoms with van der Waals surface area (Å²) in [5.41, 5.74) is 3.74. The fourth-order valence-corrected chi connectivity index (χ4v) is 5.57. The molecule has 3 heterocycles. The largest absolute Gasteiger partial charge is 0.393 e. The number of nitriles is 1. The molecule has 0 unspecified atom stereocenters. The summed E-state index contributed by atoms with van der Waals surface area (Å²) in [6, 6.07) is 9.64. The van der Waals surface area contributed by atoms with E-state index in [9.17, 15) is 20.0 Å². The monoisotopic (exact) mass is 527 g/mol. The van der Waals surface area contributed by atoms with Crippen molar-refractivity contribution in [1.29, 1.82) is 5.26 Å². The van der Waals surface area contributed by atoms with Gasteiger partial charge in [0.15, 0.2) is 0 Å². The predicted molar refractivity (Wildman–Crippen MR) is 147 cm³/mol. The number of hydrogen-bond donors (Lipinski definition) is 4. The van der Waals surface area contributed by atoms with Gasteiger partial charge in [0.05, 0.1) is 46.0 Å². The van der Waals surface area contributed by atoms with Gasteiger partial charge in [0.25, 0.3) is 5.91 Å². The molecule has 3 aromatic rings. The van der Waals surface area contributed by atoms with Crippen LogP contribution >= 0.6 is 0 Å². The van der Waals surface area contributed by atoms with E-state index in [0.717, 1.165) is 56.2 Å². The molecule has 2 amide bonds. The van der Waals surface area contributed by atoms with E-state index in [4.69, 9.17) is 0 Å². The lowest BCUT2D eigenvalue weighted by molar-refractivity contribution is -0.117. The number of nitrogens with zero attached hydrogens (tertiary/aromatic N) is 4. The molecule has 0 radical (unpaired) electrons. The number of fused-ring (bicyclic) bond motifs is 1. The van der Waals surface area contributed by atoms with E-state index in [0.29, 0.717) is 28.9 Å². The zero-order valence-electron chi connectivity index (χ0n) is 21.8. The Morgan fingerprint density at radius 1 is 1.05 bits per heavy atom. The number of carbonyl (C=O) groups excluding carboxylic acids is 2. The van der Waals surface area contributed by atoms with Crippen LogP contribution < -0.4 is 16.0 Å². The Kier molecular flexibility index (Phi) is 7.89. The molecule has 0 spiro atoms. The number of aromatic nitrogens is 3. The van der Waals surface area contributed by atoms with Gasteiger partial charge in [-0.1, -0.05) is 6.58 Å². The lowest BCUT2D eigenvalue weighted by atomic mass is 9.90. The first-order valence-corrected chi connectivity index (χ1v) is 13.5. The van der Waals surface area contributed by atoms with E-state index in [1.54, 1.807) is 16.8 Å². The van der Waals surface area contributed by atoms with Crippen molar-refractivity contribution in [3.05, 3.63) is 60.4 Å². The molecule has 0 saturated heterocycles. The van der Waals surface area contributed by atoms with Crippen LogP contribution in [0.25, 0.3) is 16.9 Å². The fraction of sp³-hybridized carbons (Fsp3) is 0.414. The van der Waals surface area contributed by atoms with E-state index in [-0.39, 0.29) is 36.0 Å². The minimum Gasteiger partial charge on any atom is -0.393 e. The highest BCUT2D eigenvalue weighted by Gasteiger charge is 2.26. The normalized spacial score (nSPS) is 23.0. The highest BCUT2D eigenvalue weighted by molar-refractivity contribution is 6.00. The Morgan fingerprint density at radius 3 is 2.54 bits per heavy atom. The van der Waals surface area contributed by atoms with Crippen molar-refractivity contribution >= 4 is 23.0 Å². The van der Waals surface area contributed by atoms with Crippen molar-refractivity contribution in [2.45, 2.75) is 75.6 Å². The Labute approximate surface area is 227 Å². The zero-order chi connectivity index (χ0) is 27.4. The zero-order valence-corrected chi connectivity index (χ0v) is 21.8. The number of aliphatic hydroxyl groups excluding tert-OH is 1. The number of anilines is 1. The van der Waals surface area contributed by atoms with Crippen LogP contribution in [0.2, 0.25) is 0 Å². The van der Waals surface area contributed by atoms with Crippen molar-refractivity contribution in [2.75, 3.05) is 5.32 Å². The molecule has 5 rings (SSSR count). The molecule has 0 bridgehead atoms. The smallest absolute Gasteiger partial charge is 0.255 e. The van der Waals surface area contributed by atoms with Gasteiger partial charge in [-0.3, -0.25) is 14.6 Å². The Morgan fingerprint density at radius 2 is 1.82 bits per heavy atom. The lowest BCUT2D eigenvalue weighted by Crippen LogP contribution is -2.43. The Balaban J connectivity index is 1.37. The second-order valence-electron chi connectivity index (χ2n) is 10.4. The summed E-state index contributed by atoms with van der Waals surface area (Å²) in [4.78, 5) is 29.7. The van der Waals surface area contributed by atoms with Crippen LogP contribution in [0.1, 0.15) is 67.3 Å². The van der Waals surface area contributed by atoms with E-state index in [1.165, 1.54) is 12.3 Å². The van der Waals surface area contributed by atoms with Crippen LogP contribution in [0, 0.1) is 11.3 Å². The van der Waals surface area contributed by atoms with Gasteiger partial charge >= 0.3 is 0 Å². The summed E-state index contributed by atoms with van der Waals surface area (Å²) in [6.45, 7) is 3.50. The van der Waals surface area contributed by atoms with E-state index in [2.05, 4.69) is 38.7 Å². The number of nitrogens with one attached hydrogen (secondary N) is 3. The van der Waals surface area contributed by atoms with Crippen LogP contribution in [0.5, 0.6) is 0 Å². The molecular weight excluding hydrogens is 494 g/mol. The summed E-state index contributed by atoms with van der Waals surface area (Å²) < 4.78 is 1.72. The van der Waals surface area contributed by atoms with Gasteiger partial charge < -0.3 is 21.1 Å². The maximum absolute atomic E-state index is 13.5. The van der Waals surface area contributed by atoms with Gasteiger partial charge in [-0.05, 0) is 81.7 Å². The van der Waals surface area contributed by atoms with Crippen LogP contribution in [0.15, 0.2) is 49.3 Å². The lowest BCUT2D eigenvalue weighted by Gasteiger charge is -2.30.